The molecule has 0 aromatic carbocycles. The Hall–Kier alpha value is -3.51. The number of nitrogens with zero attached hydrogens (tertiary/aromatic N) is 5. The molecule has 9 nitrogen and oxygen atoms in total. The molecule has 3 atom stereocenters. The third-order valence-corrected chi connectivity index (χ3v) is 7.29. The van der Waals surface area contributed by atoms with Crippen molar-refractivity contribution >= 4 is 17.5 Å². The van der Waals surface area contributed by atoms with Gasteiger partial charge in [0.25, 0.3) is 11.8 Å². The zero-order chi connectivity index (χ0) is 27.1. The first-order valence-corrected chi connectivity index (χ1v) is 12.7. The fourth-order valence-corrected chi connectivity index (χ4v) is 5.42. The van der Waals surface area contributed by atoms with Crippen molar-refractivity contribution in [1.29, 1.82) is 0 Å². The number of piperidine rings is 1. The number of amides is 2. The van der Waals surface area contributed by atoms with E-state index in [4.69, 9.17) is 0 Å². The van der Waals surface area contributed by atoms with Crippen LogP contribution < -0.4 is 10.6 Å². The van der Waals surface area contributed by atoms with Crippen LogP contribution in [0.2, 0.25) is 0 Å². The van der Waals surface area contributed by atoms with Gasteiger partial charge in [-0.3, -0.25) is 14.3 Å². The Labute approximate surface area is 216 Å². The Morgan fingerprint density at radius 2 is 2.03 bits per heavy atom. The number of carbonyl (C=O) groups excluding carboxylic acids is 2. The third kappa shape index (κ3) is 5.51. The topological polar surface area (TPSA) is 106 Å². The fraction of sp³-hybridized carbons (Fsp3) is 0.560. The van der Waals surface area contributed by atoms with Gasteiger partial charge in [-0.25, -0.2) is 27.1 Å². The van der Waals surface area contributed by atoms with E-state index in [0.717, 1.165) is 0 Å². The van der Waals surface area contributed by atoms with E-state index in [-0.39, 0.29) is 19.3 Å². The highest BCUT2D eigenvalue weighted by Crippen LogP contribution is 2.42. The summed E-state index contributed by atoms with van der Waals surface area (Å²) in [5.74, 6) is -8.20. The minimum atomic E-state index is -2.98. The first-order valence-electron chi connectivity index (χ1n) is 12.7. The molecule has 38 heavy (non-hydrogen) atoms. The van der Waals surface area contributed by atoms with Gasteiger partial charge in [-0.15, -0.1) is 0 Å². The summed E-state index contributed by atoms with van der Waals surface area (Å²) in [6.45, 7) is 1.63. The van der Waals surface area contributed by atoms with Crippen LogP contribution >= 0.6 is 0 Å². The molecule has 2 fully saturated rings. The van der Waals surface area contributed by atoms with Crippen LogP contribution in [0, 0.1) is 11.8 Å². The molecule has 5 rings (SSSR count). The molecule has 3 unspecified atom stereocenters. The number of aryl methyl sites for hydroxylation is 1. The monoisotopic (exact) mass is 535 g/mol. The normalized spacial score (nSPS) is 23.7. The number of aromatic nitrogens is 5. The first kappa shape index (κ1) is 26.1. The SMILES string of the molecule is CCn1nccc1C(=O)NC(c1cn2nc(CC3CC(F)(F)CNC3=O)ccc2n1)C1CCCC(F)(F)C1. The van der Waals surface area contributed by atoms with Crippen LogP contribution in [0.3, 0.4) is 0 Å². The Bertz CT molecular complexity index is 1340. The Morgan fingerprint density at radius 3 is 2.79 bits per heavy atom. The van der Waals surface area contributed by atoms with Crippen LogP contribution in [-0.2, 0) is 17.8 Å². The van der Waals surface area contributed by atoms with E-state index in [9.17, 15) is 27.2 Å². The molecular weight excluding hydrogens is 506 g/mol. The summed E-state index contributed by atoms with van der Waals surface area (Å²) in [7, 11) is 0. The van der Waals surface area contributed by atoms with Crippen LogP contribution in [-0.4, -0.2) is 54.6 Å². The van der Waals surface area contributed by atoms with Gasteiger partial charge in [0.1, 0.15) is 5.69 Å². The third-order valence-electron chi connectivity index (χ3n) is 7.29. The van der Waals surface area contributed by atoms with E-state index in [1.807, 2.05) is 6.92 Å². The molecule has 2 amide bonds. The zero-order valence-electron chi connectivity index (χ0n) is 20.8. The maximum absolute atomic E-state index is 14.4. The van der Waals surface area contributed by atoms with E-state index in [1.54, 1.807) is 24.4 Å². The number of rotatable bonds is 7. The molecule has 0 spiro atoms. The van der Waals surface area contributed by atoms with Gasteiger partial charge in [0, 0.05) is 44.3 Å². The molecule has 0 bridgehead atoms. The predicted molar refractivity (Wildman–Crippen MR) is 128 cm³/mol. The van der Waals surface area contributed by atoms with E-state index in [0.29, 0.717) is 42.1 Å². The van der Waals surface area contributed by atoms with Crippen molar-refractivity contribution in [3.8, 4) is 0 Å². The number of nitrogens with one attached hydrogen (secondary N) is 2. The second-order valence-electron chi connectivity index (χ2n) is 10.2. The minimum Gasteiger partial charge on any atom is -0.350 e. The molecule has 0 radical (unpaired) electrons. The quantitative estimate of drug-likeness (QED) is 0.450. The van der Waals surface area contributed by atoms with Gasteiger partial charge in [-0.2, -0.15) is 10.2 Å². The summed E-state index contributed by atoms with van der Waals surface area (Å²) >= 11 is 0. The lowest BCUT2D eigenvalue weighted by Gasteiger charge is -2.34. The van der Waals surface area contributed by atoms with Crippen LogP contribution in [0.1, 0.15) is 66.9 Å². The molecule has 204 valence electrons. The summed E-state index contributed by atoms with van der Waals surface area (Å²) < 4.78 is 59.3. The van der Waals surface area contributed by atoms with Gasteiger partial charge < -0.3 is 10.6 Å². The second kappa shape index (κ2) is 9.99. The van der Waals surface area contributed by atoms with Gasteiger partial charge in [-0.05, 0) is 43.9 Å². The molecule has 13 heteroatoms. The number of imidazole rings is 1. The highest BCUT2D eigenvalue weighted by atomic mass is 19.3. The van der Waals surface area contributed by atoms with E-state index in [2.05, 4.69) is 25.8 Å². The standard InChI is InChI=1S/C25H29F4N7O2/c1-2-35-19(7-9-31-35)23(38)33-21(15-4-3-8-24(26,27)11-15)18-13-36-20(32-18)6-5-17(34-36)10-16-12-25(28,29)14-30-22(16)37/h5-7,9,13,15-16,21H,2-4,8,10-12,14H2,1H3,(H,30,37)(H,33,38). The molecular formula is C25H29F4N7O2. The summed E-state index contributed by atoms with van der Waals surface area (Å²) in [5.41, 5.74) is 1.50. The van der Waals surface area contributed by atoms with E-state index < -0.39 is 54.5 Å². The first-order chi connectivity index (χ1) is 18.0. The van der Waals surface area contributed by atoms with Gasteiger partial charge in [-0.1, -0.05) is 0 Å². The number of hydrogen-bond acceptors (Lipinski definition) is 5. The average molecular weight is 536 g/mol. The summed E-state index contributed by atoms with van der Waals surface area (Å²) in [4.78, 5) is 29.8. The van der Waals surface area contributed by atoms with Gasteiger partial charge in [0.05, 0.1) is 30.2 Å². The van der Waals surface area contributed by atoms with Crippen LogP contribution in [0.15, 0.2) is 30.6 Å². The highest BCUT2D eigenvalue weighted by molar-refractivity contribution is 5.92. The number of hydrogen-bond donors (Lipinski definition) is 2. The molecule has 4 heterocycles. The second-order valence-corrected chi connectivity index (χ2v) is 10.2. The maximum atomic E-state index is 14.4. The van der Waals surface area contributed by atoms with Crippen molar-refractivity contribution in [2.75, 3.05) is 6.54 Å². The van der Waals surface area contributed by atoms with E-state index in [1.165, 1.54) is 15.4 Å². The van der Waals surface area contributed by atoms with Gasteiger partial charge >= 0.3 is 0 Å². The van der Waals surface area contributed by atoms with Gasteiger partial charge in [0.2, 0.25) is 11.8 Å². The zero-order valence-corrected chi connectivity index (χ0v) is 20.8. The Balaban J connectivity index is 1.43. The van der Waals surface area contributed by atoms with Crippen molar-refractivity contribution in [2.24, 2.45) is 11.8 Å². The maximum Gasteiger partial charge on any atom is 0.270 e. The van der Waals surface area contributed by atoms with Gasteiger partial charge in [0.15, 0.2) is 5.65 Å². The minimum absolute atomic E-state index is 0.0148. The van der Waals surface area contributed by atoms with Crippen LogP contribution in [0.25, 0.3) is 5.65 Å². The summed E-state index contributed by atoms with van der Waals surface area (Å²) in [6.07, 6.45) is 2.74. The Morgan fingerprint density at radius 1 is 1.21 bits per heavy atom. The van der Waals surface area contributed by atoms with Crippen molar-refractivity contribution in [3.63, 3.8) is 0 Å². The average Bonchev–Trinajstić information content (AvgIpc) is 3.50. The number of fused-ring (bicyclic) bond motifs is 1. The smallest absolute Gasteiger partial charge is 0.270 e. The van der Waals surface area contributed by atoms with Crippen LogP contribution in [0.4, 0.5) is 17.6 Å². The lowest BCUT2D eigenvalue weighted by Crippen LogP contribution is -2.48. The van der Waals surface area contributed by atoms with Crippen molar-refractivity contribution < 1.29 is 27.2 Å². The Kier molecular flexibility index (Phi) is 6.86. The molecule has 2 aliphatic rings. The fourth-order valence-electron chi connectivity index (χ4n) is 5.42. The summed E-state index contributed by atoms with van der Waals surface area (Å²) in [5, 5.41) is 13.7. The highest BCUT2D eigenvalue weighted by Gasteiger charge is 2.42. The molecule has 1 aliphatic heterocycles. The molecule has 1 saturated carbocycles. The molecule has 1 saturated heterocycles. The summed E-state index contributed by atoms with van der Waals surface area (Å²) in [6, 6.07) is 4.00. The van der Waals surface area contributed by atoms with Crippen molar-refractivity contribution in [1.82, 2.24) is 35.0 Å². The van der Waals surface area contributed by atoms with E-state index >= 15 is 0 Å². The van der Waals surface area contributed by atoms with Crippen molar-refractivity contribution in [3.05, 3.63) is 47.7 Å². The number of alkyl halides is 4. The number of carbonyl (C=O) groups is 2. The lowest BCUT2D eigenvalue weighted by molar-refractivity contribution is -0.136. The lowest BCUT2D eigenvalue weighted by atomic mass is 9.80. The molecule has 3 aromatic heterocycles. The van der Waals surface area contributed by atoms with Crippen LogP contribution in [0.5, 0.6) is 0 Å². The molecule has 3 aromatic rings. The number of halogens is 4. The molecule has 2 N–H and O–H groups in total. The van der Waals surface area contributed by atoms with Crippen molar-refractivity contribution in [2.45, 2.75) is 69.9 Å². The predicted octanol–water partition coefficient (Wildman–Crippen LogP) is 3.56. The molecule has 1 aliphatic carbocycles. The largest absolute Gasteiger partial charge is 0.350 e.